The Balaban J connectivity index is 1.02. The van der Waals surface area contributed by atoms with Crippen LogP contribution in [0.2, 0.25) is 0 Å². The number of carbonyl (C=O) groups is 1. The summed E-state index contributed by atoms with van der Waals surface area (Å²) in [4.78, 5) is 20.7. The van der Waals surface area contributed by atoms with E-state index in [0.29, 0.717) is 59.9 Å². The van der Waals surface area contributed by atoms with Crippen molar-refractivity contribution in [2.24, 2.45) is 17.8 Å². The Hall–Kier alpha value is -4.94. The second-order valence-electron chi connectivity index (χ2n) is 15.7. The second-order valence-corrected chi connectivity index (χ2v) is 17.7. The molecule has 8 rings (SSSR count). The van der Waals surface area contributed by atoms with Crippen molar-refractivity contribution in [1.29, 1.82) is 0 Å². The number of para-hydroxylation sites is 1. The lowest BCUT2D eigenvalue weighted by Crippen LogP contribution is -2.62. The highest BCUT2D eigenvalue weighted by Gasteiger charge is 2.63. The summed E-state index contributed by atoms with van der Waals surface area (Å²) >= 11 is 0. The molecule has 0 radical (unpaired) electrons. The molecule has 0 unspecified atom stereocenters. The number of benzene rings is 3. The van der Waals surface area contributed by atoms with Crippen LogP contribution < -0.4 is 18.9 Å². The number of sulfonamides is 1. The van der Waals surface area contributed by atoms with E-state index in [0.717, 1.165) is 12.0 Å². The number of amides is 1. The van der Waals surface area contributed by atoms with Crippen LogP contribution in [-0.4, -0.2) is 98.4 Å². The predicted molar refractivity (Wildman–Crippen MR) is 205 cm³/mol. The Morgan fingerprint density at radius 2 is 1.83 bits per heavy atom. The van der Waals surface area contributed by atoms with Crippen LogP contribution in [0.25, 0.3) is 11.5 Å². The molecule has 1 amide bonds. The van der Waals surface area contributed by atoms with Gasteiger partial charge in [-0.25, -0.2) is 13.2 Å². The topological polar surface area (TPSA) is 170 Å². The zero-order valence-corrected chi connectivity index (χ0v) is 33.9. The predicted octanol–water partition coefficient (Wildman–Crippen LogP) is 5.85. The van der Waals surface area contributed by atoms with E-state index in [4.69, 9.17) is 42.4 Å². The first kappa shape index (κ1) is 39.9. The third-order valence-corrected chi connectivity index (χ3v) is 12.8. The number of hydrogen-bond donors (Lipinski definition) is 0. The lowest BCUT2D eigenvalue weighted by atomic mass is 9.72. The Bertz CT molecular complexity index is 2210. The molecule has 3 saturated heterocycles. The Morgan fingerprint density at radius 1 is 1.03 bits per heavy atom. The molecule has 4 atom stereocenters. The van der Waals surface area contributed by atoms with Crippen molar-refractivity contribution >= 4 is 16.1 Å². The fraction of sp³-hybridized carbons (Fsp3) is 0.488. The molecule has 5 heterocycles. The van der Waals surface area contributed by atoms with Gasteiger partial charge in [-0.15, -0.1) is 0 Å². The van der Waals surface area contributed by atoms with Crippen molar-refractivity contribution in [2.75, 3.05) is 47.0 Å². The molecule has 4 aliphatic heterocycles. The van der Waals surface area contributed by atoms with Crippen molar-refractivity contribution in [3.05, 3.63) is 78.1 Å². The van der Waals surface area contributed by atoms with E-state index in [1.807, 2.05) is 76.2 Å². The molecule has 0 aliphatic carbocycles. The van der Waals surface area contributed by atoms with Gasteiger partial charge >= 0.3 is 6.09 Å². The highest BCUT2D eigenvalue weighted by molar-refractivity contribution is 7.89. The quantitative estimate of drug-likeness (QED) is 0.139. The maximum Gasteiger partial charge on any atom is 0.413 e. The van der Waals surface area contributed by atoms with Crippen LogP contribution in [0.1, 0.15) is 45.5 Å². The zero-order valence-electron chi connectivity index (χ0n) is 33.1. The molecule has 4 aliphatic rings. The average Bonchev–Trinajstić information content (AvgIpc) is 4.05. The van der Waals surface area contributed by atoms with E-state index < -0.39 is 34.1 Å². The number of carbonyl (C=O) groups excluding carboxylic acids is 1. The summed E-state index contributed by atoms with van der Waals surface area (Å²) in [5.41, 5.74) is -0.446. The number of methoxy groups -OCH3 is 1. The molecule has 0 N–H and O–H groups in total. The lowest BCUT2D eigenvalue weighted by molar-refractivity contribution is -0.0907. The van der Waals surface area contributed by atoms with Crippen LogP contribution in [0.3, 0.4) is 0 Å². The second kappa shape index (κ2) is 16.0. The van der Waals surface area contributed by atoms with E-state index in [1.54, 1.807) is 18.1 Å². The standard InChI is InChI=1S/C41H48N4O12S/c1-26(2)20-44(58(47,48)29-14-15-34-35(18-29)55-25-54-34)24-53-39(46)45-40(3,4)56-23-41(45,32-21-52-38-30(32)16-17-50-38)19-27-10-12-28(13-11-27)51-22-36-42-37(57-43-36)31-8-6-7-9-33(31)49-5/h6-15,18,26,30,32,38H,16-17,19-25H2,1-5H3/t30-,32+,38+,41-/m0/s1. The van der Waals surface area contributed by atoms with Crippen LogP contribution in [0.15, 0.2) is 76.1 Å². The maximum absolute atomic E-state index is 14.6. The number of ether oxygens (including phenoxy) is 8. The third-order valence-electron chi connectivity index (χ3n) is 11.1. The molecule has 0 saturated carbocycles. The van der Waals surface area contributed by atoms with Crippen LogP contribution in [0, 0.1) is 17.8 Å². The van der Waals surface area contributed by atoms with Crippen molar-refractivity contribution < 1.29 is 55.6 Å². The fourth-order valence-electron chi connectivity index (χ4n) is 8.37. The van der Waals surface area contributed by atoms with Crippen molar-refractivity contribution in [2.45, 2.75) is 69.6 Å². The van der Waals surface area contributed by atoms with Crippen molar-refractivity contribution in [3.63, 3.8) is 0 Å². The van der Waals surface area contributed by atoms with Gasteiger partial charge in [-0.1, -0.05) is 43.3 Å². The van der Waals surface area contributed by atoms with E-state index in [-0.39, 0.29) is 55.5 Å². The van der Waals surface area contributed by atoms with Gasteiger partial charge in [-0.3, -0.25) is 4.90 Å². The van der Waals surface area contributed by atoms with Crippen LogP contribution in [-0.2, 0) is 42.0 Å². The lowest BCUT2D eigenvalue weighted by Gasteiger charge is -2.46. The third kappa shape index (κ3) is 7.68. The minimum atomic E-state index is -4.11. The Labute approximate surface area is 337 Å². The molecule has 58 heavy (non-hydrogen) atoms. The molecule has 4 aromatic rings. The van der Waals surface area contributed by atoms with Gasteiger partial charge in [-0.2, -0.15) is 9.29 Å². The molecular weight excluding hydrogens is 773 g/mol. The number of hydrogen-bond acceptors (Lipinski definition) is 14. The first-order valence-corrected chi connectivity index (χ1v) is 20.7. The SMILES string of the molecule is COc1ccccc1-c1nc(COc2ccc(C[C@@]3([C@@H]4CO[C@H]5OCC[C@H]54)COC(C)(C)N3C(=O)OCN(CC(C)C)S(=O)(=O)c3ccc4c(c3)OCO4)cc2)no1. The summed E-state index contributed by atoms with van der Waals surface area (Å²) in [6.45, 7) is 8.19. The Kier molecular flexibility index (Phi) is 11.0. The first-order valence-electron chi connectivity index (χ1n) is 19.3. The van der Waals surface area contributed by atoms with E-state index in [9.17, 15) is 13.2 Å². The molecule has 16 nitrogen and oxygen atoms in total. The highest BCUT2D eigenvalue weighted by Crippen LogP contribution is 2.50. The minimum Gasteiger partial charge on any atom is -0.496 e. The summed E-state index contributed by atoms with van der Waals surface area (Å²) in [5.74, 6) is 2.46. The molecule has 310 valence electrons. The molecule has 3 aromatic carbocycles. The van der Waals surface area contributed by atoms with Gasteiger partial charge in [0.25, 0.3) is 5.89 Å². The van der Waals surface area contributed by atoms with Crippen LogP contribution >= 0.6 is 0 Å². The van der Waals surface area contributed by atoms with Crippen LogP contribution in [0.4, 0.5) is 4.79 Å². The molecule has 0 bridgehead atoms. The smallest absolute Gasteiger partial charge is 0.413 e. The number of aromatic nitrogens is 2. The van der Waals surface area contributed by atoms with Crippen LogP contribution in [0.5, 0.6) is 23.0 Å². The van der Waals surface area contributed by atoms with Gasteiger partial charge < -0.3 is 42.4 Å². The number of fused-ring (bicyclic) bond motifs is 2. The average molecular weight is 821 g/mol. The van der Waals surface area contributed by atoms with Crippen molar-refractivity contribution in [3.8, 4) is 34.5 Å². The van der Waals surface area contributed by atoms with Gasteiger partial charge in [0.1, 0.15) is 17.2 Å². The highest BCUT2D eigenvalue weighted by atomic mass is 32.2. The fourth-order valence-corrected chi connectivity index (χ4v) is 9.85. The molecule has 0 spiro atoms. The van der Waals surface area contributed by atoms with Gasteiger partial charge in [0.15, 0.2) is 31.1 Å². The van der Waals surface area contributed by atoms with Gasteiger partial charge in [0.05, 0.1) is 42.9 Å². The van der Waals surface area contributed by atoms with Gasteiger partial charge in [0, 0.05) is 24.4 Å². The molecule has 1 aromatic heterocycles. The zero-order chi connectivity index (χ0) is 40.7. The normalized spacial score (nSPS) is 23.4. The van der Waals surface area contributed by atoms with E-state index >= 15 is 0 Å². The van der Waals surface area contributed by atoms with Gasteiger partial charge in [-0.05, 0) is 74.6 Å². The molecule has 3 fully saturated rings. The van der Waals surface area contributed by atoms with E-state index in [1.165, 1.54) is 16.4 Å². The number of nitrogens with zero attached hydrogens (tertiary/aromatic N) is 4. The van der Waals surface area contributed by atoms with Gasteiger partial charge in [0.2, 0.25) is 22.6 Å². The van der Waals surface area contributed by atoms with E-state index in [2.05, 4.69) is 10.1 Å². The monoisotopic (exact) mass is 820 g/mol. The summed E-state index contributed by atoms with van der Waals surface area (Å²) in [6, 6.07) is 19.4. The maximum atomic E-state index is 14.6. The Morgan fingerprint density at radius 3 is 2.62 bits per heavy atom. The van der Waals surface area contributed by atoms with Crippen molar-refractivity contribution in [1.82, 2.24) is 19.3 Å². The molecular formula is C41H48N4O12S. The minimum absolute atomic E-state index is 0.00494. The summed E-state index contributed by atoms with van der Waals surface area (Å²) < 4.78 is 81.5. The summed E-state index contributed by atoms with van der Waals surface area (Å²) in [5, 5.41) is 4.07. The summed E-state index contributed by atoms with van der Waals surface area (Å²) in [7, 11) is -2.53. The first-order chi connectivity index (χ1) is 27.9. The largest absolute Gasteiger partial charge is 0.496 e. The number of rotatable bonds is 14. The summed E-state index contributed by atoms with van der Waals surface area (Å²) in [6.07, 6.45) is 0.0626. The molecule has 17 heteroatoms.